The molecule has 0 fully saturated rings. The Balaban J connectivity index is 2.40. The molecular formula is C11H12N4OS. The van der Waals surface area contributed by atoms with E-state index in [0.717, 1.165) is 15.6 Å². The van der Waals surface area contributed by atoms with E-state index in [9.17, 15) is 0 Å². The van der Waals surface area contributed by atoms with Gasteiger partial charge in [-0.05, 0) is 24.6 Å². The SMILES string of the molecule is Cc1ccc(/C(N)=N/O)c(Sc2ncc[nH]2)c1. The summed E-state index contributed by atoms with van der Waals surface area (Å²) in [5.74, 6) is 0.0963. The summed E-state index contributed by atoms with van der Waals surface area (Å²) in [6.45, 7) is 1.99. The third kappa shape index (κ3) is 2.59. The molecule has 5 nitrogen and oxygen atoms in total. The second-order valence-corrected chi connectivity index (χ2v) is 4.51. The molecule has 0 radical (unpaired) electrons. The fraction of sp³-hybridized carbons (Fsp3) is 0.0909. The normalized spacial score (nSPS) is 11.7. The lowest BCUT2D eigenvalue weighted by atomic mass is 10.1. The van der Waals surface area contributed by atoms with Crippen LogP contribution in [-0.4, -0.2) is 21.0 Å². The number of hydrogen-bond acceptors (Lipinski definition) is 4. The number of imidazole rings is 1. The van der Waals surface area contributed by atoms with Crippen molar-refractivity contribution in [3.63, 3.8) is 0 Å². The van der Waals surface area contributed by atoms with Crippen LogP contribution in [0.3, 0.4) is 0 Å². The Bertz CT molecular complexity index is 536. The number of aromatic amines is 1. The van der Waals surface area contributed by atoms with E-state index >= 15 is 0 Å². The molecule has 0 spiro atoms. The minimum Gasteiger partial charge on any atom is -0.409 e. The Hall–Kier alpha value is -1.95. The average molecular weight is 248 g/mol. The molecule has 6 heteroatoms. The summed E-state index contributed by atoms with van der Waals surface area (Å²) in [6, 6.07) is 5.72. The van der Waals surface area contributed by atoms with Gasteiger partial charge in [0, 0.05) is 22.9 Å². The molecule has 0 aliphatic rings. The van der Waals surface area contributed by atoms with E-state index in [0.29, 0.717) is 5.56 Å². The van der Waals surface area contributed by atoms with Crippen molar-refractivity contribution in [3.05, 3.63) is 41.7 Å². The van der Waals surface area contributed by atoms with Crippen molar-refractivity contribution < 1.29 is 5.21 Å². The fourth-order valence-corrected chi connectivity index (χ4v) is 2.37. The minimum absolute atomic E-state index is 0.0963. The molecule has 1 aromatic carbocycles. The predicted molar refractivity (Wildman–Crippen MR) is 66.4 cm³/mol. The Kier molecular flexibility index (Phi) is 3.34. The lowest BCUT2D eigenvalue weighted by Gasteiger charge is -2.07. The smallest absolute Gasteiger partial charge is 0.171 e. The second kappa shape index (κ2) is 4.92. The highest BCUT2D eigenvalue weighted by atomic mass is 32.2. The quantitative estimate of drug-likeness (QED) is 0.335. The van der Waals surface area contributed by atoms with E-state index in [-0.39, 0.29) is 5.84 Å². The van der Waals surface area contributed by atoms with Crippen molar-refractivity contribution in [2.75, 3.05) is 0 Å². The molecule has 0 aliphatic carbocycles. The van der Waals surface area contributed by atoms with Gasteiger partial charge in [0.1, 0.15) is 0 Å². The highest BCUT2D eigenvalue weighted by Crippen LogP contribution is 2.28. The molecule has 88 valence electrons. The summed E-state index contributed by atoms with van der Waals surface area (Å²) in [5, 5.41) is 12.5. The first kappa shape index (κ1) is 11.5. The minimum atomic E-state index is 0.0963. The number of nitrogens with zero attached hydrogens (tertiary/aromatic N) is 2. The fourth-order valence-electron chi connectivity index (χ4n) is 1.39. The number of aryl methyl sites for hydroxylation is 1. The number of hydrogen-bond donors (Lipinski definition) is 3. The van der Waals surface area contributed by atoms with E-state index in [4.69, 9.17) is 10.9 Å². The topological polar surface area (TPSA) is 87.3 Å². The molecule has 0 bridgehead atoms. The molecule has 0 atom stereocenters. The molecule has 0 amide bonds. The third-order valence-electron chi connectivity index (χ3n) is 2.20. The molecule has 0 saturated heterocycles. The summed E-state index contributed by atoms with van der Waals surface area (Å²) < 4.78 is 0. The highest BCUT2D eigenvalue weighted by molar-refractivity contribution is 7.99. The summed E-state index contributed by atoms with van der Waals surface area (Å²) >= 11 is 1.44. The van der Waals surface area contributed by atoms with Crippen molar-refractivity contribution in [2.45, 2.75) is 17.0 Å². The standard InChI is InChI=1S/C11H12N4OS/c1-7-2-3-8(10(12)15-16)9(6-7)17-11-13-4-5-14-11/h2-6,16H,1H3,(H2,12,15)(H,13,14). The summed E-state index contributed by atoms with van der Waals surface area (Å²) in [4.78, 5) is 8.03. The Labute approximate surface area is 103 Å². The van der Waals surface area contributed by atoms with Gasteiger partial charge >= 0.3 is 0 Å². The maximum Gasteiger partial charge on any atom is 0.171 e. The van der Waals surface area contributed by atoms with Gasteiger partial charge in [-0.2, -0.15) is 0 Å². The Morgan fingerprint density at radius 1 is 1.53 bits per heavy atom. The van der Waals surface area contributed by atoms with Crippen LogP contribution in [-0.2, 0) is 0 Å². The summed E-state index contributed by atoms with van der Waals surface area (Å²) in [7, 11) is 0. The molecule has 17 heavy (non-hydrogen) atoms. The van der Waals surface area contributed by atoms with Crippen LogP contribution in [0, 0.1) is 6.92 Å². The number of benzene rings is 1. The summed E-state index contributed by atoms with van der Waals surface area (Å²) in [5.41, 5.74) is 7.43. The van der Waals surface area contributed by atoms with Crippen LogP contribution in [0.2, 0.25) is 0 Å². The number of aromatic nitrogens is 2. The van der Waals surface area contributed by atoms with Crippen LogP contribution in [0.25, 0.3) is 0 Å². The third-order valence-corrected chi connectivity index (χ3v) is 3.17. The zero-order valence-electron chi connectivity index (χ0n) is 9.21. The highest BCUT2D eigenvalue weighted by Gasteiger charge is 2.09. The van der Waals surface area contributed by atoms with E-state index in [1.165, 1.54) is 11.8 Å². The molecule has 0 saturated carbocycles. The number of oxime groups is 1. The van der Waals surface area contributed by atoms with Gasteiger partial charge in [-0.15, -0.1) is 0 Å². The van der Waals surface area contributed by atoms with Crippen molar-refractivity contribution in [3.8, 4) is 0 Å². The van der Waals surface area contributed by atoms with Crippen molar-refractivity contribution >= 4 is 17.6 Å². The number of nitrogens with one attached hydrogen (secondary N) is 1. The van der Waals surface area contributed by atoms with Crippen LogP contribution in [0.1, 0.15) is 11.1 Å². The number of H-pyrrole nitrogens is 1. The lowest BCUT2D eigenvalue weighted by molar-refractivity contribution is 0.318. The van der Waals surface area contributed by atoms with E-state index in [1.54, 1.807) is 12.4 Å². The van der Waals surface area contributed by atoms with Gasteiger partial charge in [-0.25, -0.2) is 4.98 Å². The molecule has 4 N–H and O–H groups in total. The summed E-state index contributed by atoms with van der Waals surface area (Å²) in [6.07, 6.45) is 3.43. The van der Waals surface area contributed by atoms with Crippen molar-refractivity contribution in [1.29, 1.82) is 0 Å². The van der Waals surface area contributed by atoms with Crippen LogP contribution < -0.4 is 5.73 Å². The molecule has 2 rings (SSSR count). The van der Waals surface area contributed by atoms with Gasteiger partial charge in [-0.1, -0.05) is 23.0 Å². The van der Waals surface area contributed by atoms with E-state index < -0.39 is 0 Å². The zero-order valence-corrected chi connectivity index (χ0v) is 10.0. The van der Waals surface area contributed by atoms with E-state index in [2.05, 4.69) is 15.1 Å². The second-order valence-electron chi connectivity index (χ2n) is 3.48. The predicted octanol–water partition coefficient (Wildman–Crippen LogP) is 1.96. The molecular weight excluding hydrogens is 236 g/mol. The number of rotatable bonds is 3. The first-order valence-corrected chi connectivity index (χ1v) is 5.78. The molecule has 2 aromatic rings. The lowest BCUT2D eigenvalue weighted by Crippen LogP contribution is -2.14. The maximum atomic E-state index is 8.74. The van der Waals surface area contributed by atoms with Gasteiger partial charge in [0.25, 0.3) is 0 Å². The van der Waals surface area contributed by atoms with Gasteiger partial charge in [0.15, 0.2) is 11.0 Å². The Morgan fingerprint density at radius 2 is 2.35 bits per heavy atom. The Morgan fingerprint density at radius 3 is 3.00 bits per heavy atom. The first-order chi connectivity index (χ1) is 8.20. The van der Waals surface area contributed by atoms with Gasteiger partial charge in [0.2, 0.25) is 0 Å². The van der Waals surface area contributed by atoms with Crippen molar-refractivity contribution in [2.24, 2.45) is 10.9 Å². The molecule has 1 heterocycles. The van der Waals surface area contributed by atoms with Crippen LogP contribution in [0.4, 0.5) is 0 Å². The number of nitrogens with two attached hydrogens (primary N) is 1. The van der Waals surface area contributed by atoms with E-state index in [1.807, 2.05) is 25.1 Å². The number of amidine groups is 1. The molecule has 1 aromatic heterocycles. The maximum absolute atomic E-state index is 8.74. The largest absolute Gasteiger partial charge is 0.409 e. The monoisotopic (exact) mass is 248 g/mol. The van der Waals surface area contributed by atoms with Crippen LogP contribution >= 0.6 is 11.8 Å². The van der Waals surface area contributed by atoms with Gasteiger partial charge in [-0.3, -0.25) is 0 Å². The van der Waals surface area contributed by atoms with Gasteiger partial charge in [0.05, 0.1) is 0 Å². The average Bonchev–Trinajstić information content (AvgIpc) is 2.81. The molecule has 0 aliphatic heterocycles. The van der Waals surface area contributed by atoms with Crippen molar-refractivity contribution in [1.82, 2.24) is 9.97 Å². The zero-order chi connectivity index (χ0) is 12.3. The van der Waals surface area contributed by atoms with Crippen LogP contribution in [0.15, 0.2) is 45.8 Å². The van der Waals surface area contributed by atoms with Gasteiger partial charge < -0.3 is 15.9 Å². The molecule has 0 unspecified atom stereocenters. The van der Waals surface area contributed by atoms with Crippen LogP contribution in [0.5, 0.6) is 0 Å². The first-order valence-electron chi connectivity index (χ1n) is 4.96.